The minimum absolute atomic E-state index is 0.000750. The van der Waals surface area contributed by atoms with Crippen molar-refractivity contribution in [1.29, 1.82) is 0 Å². The van der Waals surface area contributed by atoms with Crippen molar-refractivity contribution in [3.05, 3.63) is 131 Å². The summed E-state index contributed by atoms with van der Waals surface area (Å²) in [6.07, 6.45) is 0.725. The fraction of sp³-hybridized carbons (Fsp3) is 0.125. The molecule has 0 aliphatic heterocycles. The van der Waals surface area contributed by atoms with Crippen molar-refractivity contribution in [3.8, 4) is 0 Å². The van der Waals surface area contributed by atoms with Crippen molar-refractivity contribution in [3.63, 3.8) is 0 Å². The van der Waals surface area contributed by atoms with E-state index in [1.807, 2.05) is 72.8 Å². The molecule has 0 unspecified atom stereocenters. The molecule has 0 heterocycles. The molecule has 0 bridgehead atoms. The number of fused-ring (bicyclic) bond motifs is 2. The fourth-order valence-electron chi connectivity index (χ4n) is 4.56. The van der Waals surface area contributed by atoms with Crippen LogP contribution in [0.25, 0.3) is 21.5 Å². The number of benzene rings is 5. The highest BCUT2D eigenvalue weighted by Crippen LogP contribution is 2.28. The molecule has 0 aromatic heterocycles. The first-order valence-corrected chi connectivity index (χ1v) is 12.2. The third kappa shape index (κ3) is 5.61. The SMILES string of the molecule is O=C(Cc1ccccc1)NCc1cccc2cc3cccc(CNC(=O)Cc4ccccc4)c3cc12. The molecule has 0 saturated carbocycles. The molecule has 5 aromatic rings. The van der Waals surface area contributed by atoms with Crippen molar-refractivity contribution in [2.24, 2.45) is 0 Å². The Kier molecular flexibility index (Phi) is 7.04. The highest BCUT2D eigenvalue weighted by molar-refractivity contribution is 6.01. The standard InChI is InChI=1S/C32H28N2O2/c35-31(17-23-9-3-1-4-10-23)33-21-27-15-7-13-25-19-26-14-8-16-28(30(26)20-29(25)27)22-34-32(36)18-24-11-5-2-6-12-24/h1-16,19-20H,17-18,21-22H2,(H,33,35)(H,34,36). The summed E-state index contributed by atoms with van der Waals surface area (Å²) in [5.74, 6) is 0.00150. The van der Waals surface area contributed by atoms with Gasteiger partial charge in [-0.1, -0.05) is 97.1 Å². The van der Waals surface area contributed by atoms with Crippen LogP contribution in [0.1, 0.15) is 22.3 Å². The molecule has 2 N–H and O–H groups in total. The Morgan fingerprint density at radius 3 is 1.39 bits per heavy atom. The van der Waals surface area contributed by atoms with E-state index in [9.17, 15) is 9.59 Å². The zero-order valence-corrected chi connectivity index (χ0v) is 20.0. The Bertz CT molecular complexity index is 1400. The maximum Gasteiger partial charge on any atom is 0.224 e. The summed E-state index contributed by atoms with van der Waals surface area (Å²) in [5.41, 5.74) is 4.13. The molecule has 2 amide bonds. The quantitative estimate of drug-likeness (QED) is 0.284. The molecule has 5 aromatic carbocycles. The van der Waals surface area contributed by atoms with Gasteiger partial charge in [-0.3, -0.25) is 9.59 Å². The van der Waals surface area contributed by atoms with E-state index in [-0.39, 0.29) is 11.8 Å². The van der Waals surface area contributed by atoms with Crippen molar-refractivity contribution in [2.45, 2.75) is 25.9 Å². The highest BCUT2D eigenvalue weighted by Gasteiger charge is 2.10. The third-order valence-electron chi connectivity index (χ3n) is 6.43. The van der Waals surface area contributed by atoms with E-state index >= 15 is 0 Å². The number of rotatable bonds is 8. The van der Waals surface area contributed by atoms with Crippen molar-refractivity contribution in [2.75, 3.05) is 0 Å². The van der Waals surface area contributed by atoms with Crippen molar-refractivity contribution < 1.29 is 9.59 Å². The minimum atomic E-state index is 0.000750. The van der Waals surface area contributed by atoms with Gasteiger partial charge in [-0.2, -0.15) is 0 Å². The van der Waals surface area contributed by atoms with Gasteiger partial charge in [-0.15, -0.1) is 0 Å². The molecular formula is C32H28N2O2. The monoisotopic (exact) mass is 472 g/mol. The summed E-state index contributed by atoms with van der Waals surface area (Å²) < 4.78 is 0. The first-order chi connectivity index (χ1) is 17.7. The fourth-order valence-corrected chi connectivity index (χ4v) is 4.56. The summed E-state index contributed by atoms with van der Waals surface area (Å²) in [6, 6.07) is 36.2. The molecule has 0 aliphatic carbocycles. The van der Waals surface area contributed by atoms with Gasteiger partial charge in [-0.25, -0.2) is 0 Å². The zero-order valence-electron chi connectivity index (χ0n) is 20.0. The van der Waals surface area contributed by atoms with Gasteiger partial charge in [-0.05, 0) is 55.9 Å². The predicted octanol–water partition coefficient (Wildman–Crippen LogP) is 5.71. The molecule has 0 radical (unpaired) electrons. The number of hydrogen-bond acceptors (Lipinski definition) is 2. The van der Waals surface area contributed by atoms with Gasteiger partial charge in [0.05, 0.1) is 12.8 Å². The molecular weight excluding hydrogens is 444 g/mol. The summed E-state index contributed by atoms with van der Waals surface area (Å²) in [5, 5.41) is 10.6. The normalized spacial score (nSPS) is 10.9. The molecule has 178 valence electrons. The van der Waals surface area contributed by atoms with Crippen LogP contribution in [0.5, 0.6) is 0 Å². The first-order valence-electron chi connectivity index (χ1n) is 12.2. The van der Waals surface area contributed by atoms with Gasteiger partial charge in [0.2, 0.25) is 11.8 Å². The molecule has 4 heteroatoms. The van der Waals surface area contributed by atoms with Crippen LogP contribution in [0.3, 0.4) is 0 Å². The van der Waals surface area contributed by atoms with Crippen LogP contribution in [0.15, 0.2) is 109 Å². The second-order valence-corrected chi connectivity index (χ2v) is 9.01. The van der Waals surface area contributed by atoms with Crippen LogP contribution >= 0.6 is 0 Å². The summed E-state index contributed by atoms with van der Waals surface area (Å²) in [6.45, 7) is 0.926. The van der Waals surface area contributed by atoms with Crippen LogP contribution < -0.4 is 10.6 Å². The summed E-state index contributed by atoms with van der Waals surface area (Å²) >= 11 is 0. The average molecular weight is 473 g/mol. The second kappa shape index (κ2) is 10.9. The van der Waals surface area contributed by atoms with Crippen molar-refractivity contribution in [1.82, 2.24) is 10.6 Å². The Morgan fingerprint density at radius 2 is 0.944 bits per heavy atom. The van der Waals surface area contributed by atoms with E-state index < -0.39 is 0 Å². The molecule has 0 fully saturated rings. The van der Waals surface area contributed by atoms with E-state index in [0.29, 0.717) is 25.9 Å². The molecule has 36 heavy (non-hydrogen) atoms. The Balaban J connectivity index is 1.34. The molecule has 4 nitrogen and oxygen atoms in total. The predicted molar refractivity (Wildman–Crippen MR) is 145 cm³/mol. The van der Waals surface area contributed by atoms with E-state index in [1.165, 1.54) is 0 Å². The smallest absolute Gasteiger partial charge is 0.224 e. The highest BCUT2D eigenvalue weighted by atomic mass is 16.2. The Morgan fingerprint density at radius 1 is 0.500 bits per heavy atom. The van der Waals surface area contributed by atoms with Gasteiger partial charge < -0.3 is 10.6 Å². The number of amides is 2. The lowest BCUT2D eigenvalue weighted by molar-refractivity contribution is -0.121. The lowest BCUT2D eigenvalue weighted by Gasteiger charge is -2.13. The molecule has 5 rings (SSSR count). The zero-order chi connectivity index (χ0) is 24.7. The van der Waals surface area contributed by atoms with Crippen molar-refractivity contribution >= 4 is 33.4 Å². The van der Waals surface area contributed by atoms with Crippen LogP contribution in [-0.4, -0.2) is 11.8 Å². The van der Waals surface area contributed by atoms with E-state index in [1.54, 1.807) is 0 Å². The molecule has 0 saturated heterocycles. The lowest BCUT2D eigenvalue weighted by Crippen LogP contribution is -2.24. The Labute approximate surface area is 211 Å². The van der Waals surface area contributed by atoms with Gasteiger partial charge in [0.15, 0.2) is 0 Å². The largest absolute Gasteiger partial charge is 0.352 e. The summed E-state index contributed by atoms with van der Waals surface area (Å²) in [7, 11) is 0. The third-order valence-corrected chi connectivity index (χ3v) is 6.43. The maximum absolute atomic E-state index is 12.5. The number of carbonyl (C=O) groups excluding carboxylic acids is 2. The summed E-state index contributed by atoms with van der Waals surface area (Å²) in [4.78, 5) is 25.0. The van der Waals surface area contributed by atoms with Crippen LogP contribution in [0, 0.1) is 0 Å². The van der Waals surface area contributed by atoms with Crippen LogP contribution in [0.4, 0.5) is 0 Å². The van der Waals surface area contributed by atoms with Gasteiger partial charge in [0.1, 0.15) is 0 Å². The van der Waals surface area contributed by atoms with Gasteiger partial charge in [0, 0.05) is 13.1 Å². The van der Waals surface area contributed by atoms with E-state index in [4.69, 9.17) is 0 Å². The lowest BCUT2D eigenvalue weighted by atomic mass is 9.96. The van der Waals surface area contributed by atoms with Crippen LogP contribution in [-0.2, 0) is 35.5 Å². The molecule has 0 spiro atoms. The topological polar surface area (TPSA) is 58.2 Å². The molecule has 0 aliphatic rings. The minimum Gasteiger partial charge on any atom is -0.352 e. The van der Waals surface area contributed by atoms with Crippen LogP contribution in [0.2, 0.25) is 0 Å². The second-order valence-electron chi connectivity index (χ2n) is 9.01. The maximum atomic E-state index is 12.5. The Hall–Kier alpha value is -4.44. The van der Waals surface area contributed by atoms with Gasteiger partial charge >= 0.3 is 0 Å². The molecule has 0 atom stereocenters. The average Bonchev–Trinajstić information content (AvgIpc) is 2.90. The first kappa shape index (κ1) is 23.3. The van der Waals surface area contributed by atoms with Gasteiger partial charge in [0.25, 0.3) is 0 Å². The number of hydrogen-bond donors (Lipinski definition) is 2. The number of carbonyl (C=O) groups is 2. The van der Waals surface area contributed by atoms with E-state index in [2.05, 4.69) is 47.0 Å². The van der Waals surface area contributed by atoms with E-state index in [0.717, 1.165) is 43.8 Å². The number of nitrogens with one attached hydrogen (secondary N) is 2.